The Morgan fingerprint density at radius 3 is 2.61 bits per heavy atom. The number of hydrogen-bond donors (Lipinski definition) is 1. The molecule has 7 nitrogen and oxygen atoms in total. The van der Waals surface area contributed by atoms with Crippen LogP contribution >= 0.6 is 23.4 Å². The maximum Gasteiger partial charge on any atom is 0.192 e. The van der Waals surface area contributed by atoms with Gasteiger partial charge in [-0.15, -0.1) is 5.10 Å². The maximum absolute atomic E-state index is 12.7. The van der Waals surface area contributed by atoms with Gasteiger partial charge in [-0.25, -0.2) is 9.97 Å². The highest BCUT2D eigenvalue weighted by Gasteiger charge is 2.16. The summed E-state index contributed by atoms with van der Waals surface area (Å²) in [4.78, 5) is 22.3. The molecule has 0 saturated carbocycles. The van der Waals surface area contributed by atoms with Gasteiger partial charge in [0.05, 0.1) is 17.0 Å². The average molecular weight is 477 g/mol. The second kappa shape index (κ2) is 8.96. The summed E-state index contributed by atoms with van der Waals surface area (Å²) in [6.45, 7) is 4.02. The molecule has 5 rings (SSSR count). The minimum absolute atomic E-state index is 0.00558. The number of halogens is 1. The molecule has 0 atom stereocenters. The number of aryl methyl sites for hydroxylation is 3. The molecule has 0 amide bonds. The fourth-order valence-electron chi connectivity index (χ4n) is 3.80. The molecular formula is C24H21ClN6OS. The van der Waals surface area contributed by atoms with Crippen LogP contribution in [0.2, 0.25) is 5.02 Å². The van der Waals surface area contributed by atoms with Crippen LogP contribution in [0, 0.1) is 13.8 Å². The zero-order chi connectivity index (χ0) is 22.9. The molecule has 0 fully saturated rings. The van der Waals surface area contributed by atoms with E-state index in [9.17, 15) is 4.79 Å². The lowest BCUT2D eigenvalue weighted by atomic mass is 10.1. The Morgan fingerprint density at radius 1 is 1.06 bits per heavy atom. The first-order valence-corrected chi connectivity index (χ1v) is 11.9. The van der Waals surface area contributed by atoms with Gasteiger partial charge >= 0.3 is 0 Å². The summed E-state index contributed by atoms with van der Waals surface area (Å²) in [5.74, 6) is 0.982. The van der Waals surface area contributed by atoms with Gasteiger partial charge in [-0.05, 0) is 62.2 Å². The van der Waals surface area contributed by atoms with Crippen LogP contribution in [-0.2, 0) is 12.8 Å². The van der Waals surface area contributed by atoms with Crippen LogP contribution in [0.5, 0.6) is 0 Å². The smallest absolute Gasteiger partial charge is 0.192 e. The second-order valence-electron chi connectivity index (χ2n) is 7.81. The lowest BCUT2D eigenvalue weighted by Crippen LogP contribution is -2.05. The van der Waals surface area contributed by atoms with E-state index < -0.39 is 0 Å². The van der Waals surface area contributed by atoms with Crippen LogP contribution in [0.4, 0.5) is 0 Å². The van der Waals surface area contributed by atoms with Crippen molar-refractivity contribution < 1.29 is 4.79 Å². The van der Waals surface area contributed by atoms with E-state index in [-0.39, 0.29) is 11.5 Å². The van der Waals surface area contributed by atoms with E-state index in [4.69, 9.17) is 26.7 Å². The number of aromatic nitrogens is 6. The number of fused-ring (bicyclic) bond motifs is 3. The summed E-state index contributed by atoms with van der Waals surface area (Å²) < 4.78 is 1.76. The Labute approximate surface area is 199 Å². The highest BCUT2D eigenvalue weighted by molar-refractivity contribution is 7.99. The van der Waals surface area contributed by atoms with Crippen molar-refractivity contribution in [1.82, 2.24) is 29.8 Å². The van der Waals surface area contributed by atoms with Crippen molar-refractivity contribution in [1.29, 1.82) is 0 Å². The molecule has 0 unspecified atom stereocenters. The van der Waals surface area contributed by atoms with Crippen LogP contribution in [-0.4, -0.2) is 41.3 Å². The number of ketones is 1. The molecule has 3 aromatic heterocycles. The number of para-hydroxylation sites is 1. The highest BCUT2D eigenvalue weighted by Crippen LogP contribution is 2.25. The zero-order valence-corrected chi connectivity index (χ0v) is 19.7. The number of Topliss-reactive ketones (excluding diaryl/α,β-unsaturated/α-hetero) is 1. The van der Waals surface area contributed by atoms with Crippen LogP contribution in [0.25, 0.3) is 16.6 Å². The van der Waals surface area contributed by atoms with E-state index in [1.165, 1.54) is 17.3 Å². The van der Waals surface area contributed by atoms with Crippen LogP contribution in [0.1, 0.15) is 33.1 Å². The Bertz CT molecular complexity index is 1450. The summed E-state index contributed by atoms with van der Waals surface area (Å²) in [5, 5.41) is 14.2. The Balaban J connectivity index is 1.45. The lowest BCUT2D eigenvalue weighted by Gasteiger charge is -2.06. The third kappa shape index (κ3) is 4.36. The lowest BCUT2D eigenvalue weighted by molar-refractivity contribution is 0.102. The number of nitrogens with one attached hydrogen (secondary N) is 1. The van der Waals surface area contributed by atoms with Gasteiger partial charge in [0.25, 0.3) is 0 Å². The van der Waals surface area contributed by atoms with Gasteiger partial charge in [-0.3, -0.25) is 9.89 Å². The Morgan fingerprint density at radius 2 is 1.85 bits per heavy atom. The van der Waals surface area contributed by atoms with Gasteiger partial charge in [0.15, 0.2) is 22.4 Å². The molecule has 2 aromatic carbocycles. The predicted molar refractivity (Wildman–Crippen MR) is 130 cm³/mol. The molecule has 33 heavy (non-hydrogen) atoms. The number of benzene rings is 2. The third-order valence-corrected chi connectivity index (χ3v) is 6.75. The van der Waals surface area contributed by atoms with E-state index in [0.717, 1.165) is 40.2 Å². The van der Waals surface area contributed by atoms with Gasteiger partial charge in [-0.2, -0.15) is 9.61 Å². The fraction of sp³-hybridized carbons (Fsp3) is 0.208. The number of carbonyl (C=O) groups is 1. The molecule has 0 aliphatic carbocycles. The van der Waals surface area contributed by atoms with Crippen molar-refractivity contribution in [3.8, 4) is 0 Å². The summed E-state index contributed by atoms with van der Waals surface area (Å²) in [7, 11) is 0. The Kier molecular flexibility index (Phi) is 5.86. The Hall–Kier alpha value is -3.23. The van der Waals surface area contributed by atoms with E-state index in [1.54, 1.807) is 28.8 Å². The molecule has 9 heteroatoms. The van der Waals surface area contributed by atoms with Crippen LogP contribution < -0.4 is 0 Å². The quantitative estimate of drug-likeness (QED) is 0.201. The van der Waals surface area contributed by atoms with Gasteiger partial charge in [-0.1, -0.05) is 35.5 Å². The molecule has 166 valence electrons. The number of aromatic amines is 1. The van der Waals surface area contributed by atoms with Crippen molar-refractivity contribution >= 4 is 45.7 Å². The molecule has 1 N–H and O–H groups in total. The molecule has 0 radical (unpaired) electrons. The first kappa shape index (κ1) is 21.6. The first-order valence-electron chi connectivity index (χ1n) is 10.6. The van der Waals surface area contributed by atoms with Crippen molar-refractivity contribution in [2.24, 2.45) is 0 Å². The molecule has 3 heterocycles. The van der Waals surface area contributed by atoms with E-state index in [1.807, 2.05) is 38.1 Å². The topological polar surface area (TPSA) is 88.8 Å². The maximum atomic E-state index is 12.7. The molecular weight excluding hydrogens is 456 g/mol. The van der Waals surface area contributed by atoms with Gasteiger partial charge in [0.2, 0.25) is 0 Å². The van der Waals surface area contributed by atoms with Crippen molar-refractivity contribution in [2.75, 3.05) is 5.75 Å². The molecule has 0 saturated heterocycles. The molecule has 0 aliphatic heterocycles. The van der Waals surface area contributed by atoms with E-state index >= 15 is 0 Å². The van der Waals surface area contributed by atoms with Gasteiger partial charge in [0.1, 0.15) is 0 Å². The minimum atomic E-state index is 0.00558. The third-order valence-electron chi connectivity index (χ3n) is 5.57. The average Bonchev–Trinajstić information content (AvgIpc) is 3.39. The summed E-state index contributed by atoms with van der Waals surface area (Å²) in [5.41, 5.74) is 5.46. The number of thioether (sulfide) groups is 1. The number of nitrogens with zero attached hydrogens (tertiary/aromatic N) is 5. The fourth-order valence-corrected chi connectivity index (χ4v) is 4.77. The molecule has 5 aromatic rings. The standard InChI is InChI=1S/C24H21ClN6OS/c1-14-18(15(2)29-28-14)11-12-22-27-23-19-5-3-4-6-20(19)26-24(31(23)30-22)33-13-21(32)16-7-9-17(25)10-8-16/h3-10H,11-13H2,1-2H3,(H,28,29). The van der Waals surface area contributed by atoms with Crippen LogP contribution in [0.3, 0.4) is 0 Å². The van der Waals surface area contributed by atoms with Gasteiger partial charge < -0.3 is 0 Å². The van der Waals surface area contributed by atoms with Crippen LogP contribution in [0.15, 0.2) is 53.7 Å². The van der Waals surface area contributed by atoms with Gasteiger partial charge in [0, 0.05) is 28.1 Å². The van der Waals surface area contributed by atoms with E-state index in [0.29, 0.717) is 22.2 Å². The highest BCUT2D eigenvalue weighted by atomic mass is 35.5. The molecule has 0 aliphatic rings. The number of carbonyl (C=O) groups excluding carboxylic acids is 1. The summed E-state index contributed by atoms with van der Waals surface area (Å²) in [6.07, 6.45) is 1.49. The van der Waals surface area contributed by atoms with Crippen molar-refractivity contribution in [2.45, 2.75) is 31.8 Å². The van der Waals surface area contributed by atoms with Crippen molar-refractivity contribution in [3.05, 3.63) is 81.9 Å². The van der Waals surface area contributed by atoms with Crippen molar-refractivity contribution in [3.63, 3.8) is 0 Å². The largest absolute Gasteiger partial charge is 0.293 e. The van der Waals surface area contributed by atoms with E-state index in [2.05, 4.69) is 10.2 Å². The number of hydrogen-bond acceptors (Lipinski definition) is 6. The summed E-state index contributed by atoms with van der Waals surface area (Å²) >= 11 is 7.30. The molecule has 0 spiro atoms. The first-order chi connectivity index (χ1) is 16.0. The predicted octanol–water partition coefficient (Wildman–Crippen LogP) is 5.03. The number of rotatable bonds is 7. The molecule has 0 bridgehead atoms. The minimum Gasteiger partial charge on any atom is -0.293 e. The normalized spacial score (nSPS) is 11.5. The monoisotopic (exact) mass is 476 g/mol. The second-order valence-corrected chi connectivity index (χ2v) is 9.19. The number of H-pyrrole nitrogens is 1. The SMILES string of the molecule is Cc1n[nH]c(C)c1CCc1nc2c3ccccc3nc(SCC(=O)c3ccc(Cl)cc3)n2n1. The zero-order valence-electron chi connectivity index (χ0n) is 18.2. The summed E-state index contributed by atoms with van der Waals surface area (Å²) in [6, 6.07) is 14.8.